The Bertz CT molecular complexity index is 691. The molecule has 1 heterocycles. The molecule has 1 unspecified atom stereocenters. The van der Waals surface area contributed by atoms with Crippen LogP contribution in [0.25, 0.3) is 0 Å². The highest BCUT2D eigenvalue weighted by Crippen LogP contribution is 2.34. The summed E-state index contributed by atoms with van der Waals surface area (Å²) in [6.45, 7) is 1.32. The molecule has 1 aliphatic rings. The average Bonchev–Trinajstić information content (AvgIpc) is 2.59. The minimum atomic E-state index is 0. The number of halogens is 2. The Morgan fingerprint density at radius 2 is 1.96 bits per heavy atom. The molecule has 0 saturated carbocycles. The smallest absolute Gasteiger partial charge is 0.224 e. The van der Waals surface area contributed by atoms with Gasteiger partial charge in [-0.05, 0) is 42.3 Å². The summed E-state index contributed by atoms with van der Waals surface area (Å²) in [6.07, 6.45) is 1.34. The van der Waals surface area contributed by atoms with Crippen LogP contribution in [0.5, 0.6) is 0 Å². The fraction of sp³-hybridized carbons (Fsp3) is 0.316. The number of nitrogens with one attached hydrogen (secondary N) is 1. The van der Waals surface area contributed by atoms with Crippen LogP contribution < -0.4 is 5.32 Å². The second kappa shape index (κ2) is 8.52. The summed E-state index contributed by atoms with van der Waals surface area (Å²) in [4.78, 5) is 14.7. The molecule has 2 aromatic carbocycles. The van der Waals surface area contributed by atoms with E-state index in [1.54, 1.807) is 0 Å². The van der Waals surface area contributed by atoms with Gasteiger partial charge in [0, 0.05) is 24.5 Å². The van der Waals surface area contributed by atoms with E-state index in [1.807, 2.05) is 42.3 Å². The molecule has 1 aliphatic heterocycles. The average molecular weight is 365 g/mol. The maximum atomic E-state index is 12.7. The van der Waals surface area contributed by atoms with E-state index in [1.165, 1.54) is 11.1 Å². The monoisotopic (exact) mass is 364 g/mol. The number of rotatable bonds is 4. The van der Waals surface area contributed by atoms with Crippen LogP contribution in [0.15, 0.2) is 48.5 Å². The topological polar surface area (TPSA) is 32.3 Å². The van der Waals surface area contributed by atoms with E-state index in [0.29, 0.717) is 19.5 Å². The van der Waals surface area contributed by atoms with Crippen molar-refractivity contribution in [1.82, 2.24) is 10.2 Å². The maximum Gasteiger partial charge on any atom is 0.224 e. The van der Waals surface area contributed by atoms with E-state index in [2.05, 4.69) is 23.5 Å². The number of hydrogen-bond acceptors (Lipinski definition) is 2. The zero-order chi connectivity index (χ0) is 16.2. The summed E-state index contributed by atoms with van der Waals surface area (Å²) >= 11 is 6.13. The third kappa shape index (κ3) is 4.10. The number of amides is 1. The molecule has 0 radical (unpaired) electrons. The first-order chi connectivity index (χ1) is 11.2. The minimum absolute atomic E-state index is 0. The maximum absolute atomic E-state index is 12.7. The summed E-state index contributed by atoms with van der Waals surface area (Å²) in [5, 5.41) is 3.78. The normalized spacial score (nSPS) is 16.2. The molecule has 5 heteroatoms. The van der Waals surface area contributed by atoms with Crippen LogP contribution in [0.2, 0.25) is 5.02 Å². The Labute approximate surface area is 154 Å². The van der Waals surface area contributed by atoms with E-state index in [4.69, 9.17) is 11.6 Å². The quantitative estimate of drug-likeness (QED) is 0.888. The highest BCUT2D eigenvalue weighted by atomic mass is 35.5. The molecule has 3 rings (SSSR count). The lowest BCUT2D eigenvalue weighted by molar-refractivity contribution is -0.134. The van der Waals surface area contributed by atoms with E-state index >= 15 is 0 Å². The number of carbonyl (C=O) groups excluding carboxylic acids is 1. The summed E-state index contributed by atoms with van der Waals surface area (Å²) in [5.74, 6) is 0.179. The number of nitrogens with zero attached hydrogens (tertiary/aromatic N) is 1. The van der Waals surface area contributed by atoms with Crippen molar-refractivity contribution in [3.63, 3.8) is 0 Å². The zero-order valence-electron chi connectivity index (χ0n) is 13.7. The van der Waals surface area contributed by atoms with Crippen LogP contribution in [0.3, 0.4) is 0 Å². The highest BCUT2D eigenvalue weighted by Gasteiger charge is 2.30. The van der Waals surface area contributed by atoms with E-state index < -0.39 is 0 Å². The Hall–Kier alpha value is -1.55. The van der Waals surface area contributed by atoms with Crippen molar-refractivity contribution in [2.75, 3.05) is 13.6 Å². The molecule has 3 nitrogen and oxygen atoms in total. The van der Waals surface area contributed by atoms with Gasteiger partial charge in [0.1, 0.15) is 0 Å². The number of hydrogen-bond donors (Lipinski definition) is 1. The molecule has 0 bridgehead atoms. The van der Waals surface area contributed by atoms with E-state index in [9.17, 15) is 4.79 Å². The van der Waals surface area contributed by atoms with Gasteiger partial charge in [-0.1, -0.05) is 48.0 Å². The lowest BCUT2D eigenvalue weighted by atomic mass is 9.89. The fourth-order valence-corrected chi connectivity index (χ4v) is 3.36. The Balaban J connectivity index is 0.00000208. The lowest BCUT2D eigenvalue weighted by Gasteiger charge is -2.37. The second-order valence-electron chi connectivity index (χ2n) is 5.92. The van der Waals surface area contributed by atoms with Gasteiger partial charge in [-0.15, -0.1) is 12.4 Å². The van der Waals surface area contributed by atoms with Crippen LogP contribution in [-0.4, -0.2) is 24.4 Å². The highest BCUT2D eigenvalue weighted by molar-refractivity contribution is 6.30. The zero-order valence-corrected chi connectivity index (χ0v) is 15.2. The minimum Gasteiger partial charge on any atom is -0.331 e. The standard InChI is InChI=1S/C19H21ClN2O.ClH/c1-21-10-9-19(23)22-13-16-11-17(20)8-7-15(16)12-18(22)14-5-3-2-4-6-14;/h2-8,11,18,21H,9-10,12-13H2,1H3;1H. The van der Waals surface area contributed by atoms with Crippen molar-refractivity contribution in [1.29, 1.82) is 0 Å². The number of benzene rings is 2. The van der Waals surface area contributed by atoms with Gasteiger partial charge in [0.2, 0.25) is 5.91 Å². The van der Waals surface area contributed by atoms with Gasteiger partial charge >= 0.3 is 0 Å². The number of carbonyl (C=O) groups is 1. The Kier molecular flexibility index (Phi) is 6.67. The predicted octanol–water partition coefficient (Wildman–Crippen LogP) is 4.00. The van der Waals surface area contributed by atoms with Gasteiger partial charge in [0.25, 0.3) is 0 Å². The summed E-state index contributed by atoms with van der Waals surface area (Å²) in [6, 6.07) is 16.4. The summed E-state index contributed by atoms with van der Waals surface area (Å²) < 4.78 is 0. The molecule has 0 fully saturated rings. The van der Waals surface area contributed by atoms with Crippen molar-refractivity contribution in [3.8, 4) is 0 Å². The van der Waals surface area contributed by atoms with Gasteiger partial charge < -0.3 is 10.2 Å². The van der Waals surface area contributed by atoms with Gasteiger partial charge in [-0.3, -0.25) is 4.79 Å². The molecule has 128 valence electrons. The Morgan fingerprint density at radius 1 is 1.21 bits per heavy atom. The first-order valence-electron chi connectivity index (χ1n) is 7.95. The molecule has 0 spiro atoms. The van der Waals surface area contributed by atoms with E-state index in [0.717, 1.165) is 17.0 Å². The third-order valence-corrected chi connectivity index (χ3v) is 4.63. The molecule has 2 aromatic rings. The molecule has 1 atom stereocenters. The molecule has 1 amide bonds. The van der Waals surface area contributed by atoms with Crippen LogP contribution in [0.1, 0.15) is 29.2 Å². The van der Waals surface area contributed by atoms with Crippen LogP contribution in [0, 0.1) is 0 Å². The van der Waals surface area contributed by atoms with Crippen LogP contribution >= 0.6 is 24.0 Å². The van der Waals surface area contributed by atoms with Crippen molar-refractivity contribution < 1.29 is 4.79 Å². The van der Waals surface area contributed by atoms with Crippen molar-refractivity contribution in [2.24, 2.45) is 0 Å². The predicted molar refractivity (Wildman–Crippen MR) is 101 cm³/mol. The second-order valence-corrected chi connectivity index (χ2v) is 6.36. The SMILES string of the molecule is CNCCC(=O)N1Cc2cc(Cl)ccc2CC1c1ccccc1.Cl. The van der Waals surface area contributed by atoms with Gasteiger partial charge in [0.15, 0.2) is 0 Å². The largest absolute Gasteiger partial charge is 0.331 e. The van der Waals surface area contributed by atoms with Crippen LogP contribution in [-0.2, 0) is 17.8 Å². The number of fused-ring (bicyclic) bond motifs is 1. The fourth-order valence-electron chi connectivity index (χ4n) is 3.16. The first-order valence-corrected chi connectivity index (χ1v) is 8.33. The molecule has 0 aliphatic carbocycles. The van der Waals surface area contributed by atoms with Crippen molar-refractivity contribution in [2.45, 2.75) is 25.4 Å². The molecule has 0 saturated heterocycles. The van der Waals surface area contributed by atoms with Crippen molar-refractivity contribution >= 4 is 29.9 Å². The summed E-state index contributed by atoms with van der Waals surface area (Å²) in [5.41, 5.74) is 3.62. The lowest BCUT2D eigenvalue weighted by Crippen LogP contribution is -2.39. The Morgan fingerprint density at radius 3 is 2.67 bits per heavy atom. The molecule has 1 N–H and O–H groups in total. The third-order valence-electron chi connectivity index (χ3n) is 4.39. The van der Waals surface area contributed by atoms with Gasteiger partial charge in [0.05, 0.1) is 6.04 Å². The molecule has 0 aromatic heterocycles. The molecular formula is C19H22Cl2N2O. The first kappa shape index (κ1) is 18.8. The van der Waals surface area contributed by atoms with Crippen molar-refractivity contribution in [3.05, 3.63) is 70.2 Å². The molecule has 24 heavy (non-hydrogen) atoms. The van der Waals surface area contributed by atoms with Crippen LogP contribution in [0.4, 0.5) is 0 Å². The van der Waals surface area contributed by atoms with Gasteiger partial charge in [-0.2, -0.15) is 0 Å². The summed E-state index contributed by atoms with van der Waals surface area (Å²) in [7, 11) is 1.87. The van der Waals surface area contributed by atoms with E-state index in [-0.39, 0.29) is 24.4 Å². The van der Waals surface area contributed by atoms with Gasteiger partial charge in [-0.25, -0.2) is 0 Å². The molecular weight excluding hydrogens is 343 g/mol.